The predicted octanol–water partition coefficient (Wildman–Crippen LogP) is 3.74. The molecule has 2 heterocycles. The molecular formula is C24H20F3N3O3. The van der Waals surface area contributed by atoms with E-state index in [0.29, 0.717) is 16.6 Å². The van der Waals surface area contributed by atoms with Crippen LogP contribution in [-0.4, -0.2) is 27.4 Å². The van der Waals surface area contributed by atoms with Gasteiger partial charge in [-0.1, -0.05) is 6.07 Å². The number of halogens is 3. The second kappa shape index (κ2) is 8.93. The molecule has 0 aliphatic heterocycles. The zero-order valence-corrected chi connectivity index (χ0v) is 17.9. The number of esters is 1. The van der Waals surface area contributed by atoms with E-state index < -0.39 is 29.0 Å². The van der Waals surface area contributed by atoms with Crippen molar-refractivity contribution in [3.63, 3.8) is 0 Å². The fraction of sp³-hybridized carbons (Fsp3) is 0.208. The first-order valence-electron chi connectivity index (χ1n) is 10.1. The summed E-state index contributed by atoms with van der Waals surface area (Å²) in [4.78, 5) is 24.2. The van der Waals surface area contributed by atoms with E-state index in [0.717, 1.165) is 28.1 Å². The maximum atomic E-state index is 14.1. The van der Waals surface area contributed by atoms with E-state index in [-0.39, 0.29) is 25.1 Å². The van der Waals surface area contributed by atoms with E-state index in [1.165, 1.54) is 31.4 Å². The van der Waals surface area contributed by atoms with Crippen LogP contribution in [0.2, 0.25) is 0 Å². The Morgan fingerprint density at radius 3 is 2.48 bits per heavy atom. The van der Waals surface area contributed by atoms with Gasteiger partial charge in [-0.2, -0.15) is 5.10 Å². The summed E-state index contributed by atoms with van der Waals surface area (Å²) >= 11 is 0. The summed E-state index contributed by atoms with van der Waals surface area (Å²) in [7, 11) is 1.29. The molecule has 0 bridgehead atoms. The van der Waals surface area contributed by atoms with Gasteiger partial charge in [-0.05, 0) is 42.8 Å². The lowest BCUT2D eigenvalue weighted by atomic mass is 10.1. The molecule has 2 aromatic heterocycles. The zero-order valence-electron chi connectivity index (χ0n) is 17.9. The van der Waals surface area contributed by atoms with Gasteiger partial charge >= 0.3 is 5.97 Å². The second-order valence-corrected chi connectivity index (χ2v) is 7.62. The number of aromatic nitrogens is 3. The SMILES string of the molecule is COC(=O)Cn1c(C)c(Cc2ccc(=O)n(Cc3ccc(F)cc3F)n2)c2cc(F)ccc21. The Kier molecular flexibility index (Phi) is 6.04. The van der Waals surface area contributed by atoms with Crippen LogP contribution >= 0.6 is 0 Å². The molecule has 0 saturated heterocycles. The maximum Gasteiger partial charge on any atom is 0.325 e. The van der Waals surface area contributed by atoms with E-state index in [2.05, 4.69) is 5.10 Å². The van der Waals surface area contributed by atoms with E-state index >= 15 is 0 Å². The highest BCUT2D eigenvalue weighted by Gasteiger charge is 2.18. The largest absolute Gasteiger partial charge is 0.468 e. The Hall–Kier alpha value is -3.88. The molecule has 9 heteroatoms. The lowest BCUT2D eigenvalue weighted by Gasteiger charge is -2.09. The molecule has 2 aromatic carbocycles. The normalized spacial score (nSPS) is 11.2. The molecule has 4 rings (SSSR count). The van der Waals surface area contributed by atoms with Crippen molar-refractivity contribution in [2.45, 2.75) is 26.4 Å². The van der Waals surface area contributed by atoms with Crippen molar-refractivity contribution in [3.8, 4) is 0 Å². The molecule has 33 heavy (non-hydrogen) atoms. The molecule has 0 unspecified atom stereocenters. The van der Waals surface area contributed by atoms with Gasteiger partial charge in [0, 0.05) is 40.7 Å². The van der Waals surface area contributed by atoms with Crippen LogP contribution in [-0.2, 0) is 29.0 Å². The molecule has 0 fully saturated rings. The molecule has 0 atom stereocenters. The Labute approximate surface area is 186 Å². The van der Waals surface area contributed by atoms with Gasteiger partial charge in [-0.25, -0.2) is 17.9 Å². The quantitative estimate of drug-likeness (QED) is 0.416. The summed E-state index contributed by atoms with van der Waals surface area (Å²) in [5, 5.41) is 4.94. The number of hydrogen-bond acceptors (Lipinski definition) is 4. The number of methoxy groups -OCH3 is 1. The van der Waals surface area contributed by atoms with E-state index in [1.54, 1.807) is 23.6 Å². The topological polar surface area (TPSA) is 66.1 Å². The highest BCUT2D eigenvalue weighted by Crippen LogP contribution is 2.28. The highest BCUT2D eigenvalue weighted by atomic mass is 19.1. The smallest absolute Gasteiger partial charge is 0.325 e. The van der Waals surface area contributed by atoms with Crippen molar-refractivity contribution < 1.29 is 22.7 Å². The van der Waals surface area contributed by atoms with Gasteiger partial charge in [0.25, 0.3) is 5.56 Å². The summed E-state index contributed by atoms with van der Waals surface area (Å²) in [6.45, 7) is 1.60. The van der Waals surface area contributed by atoms with Gasteiger partial charge in [0.2, 0.25) is 0 Å². The maximum absolute atomic E-state index is 14.1. The Morgan fingerprint density at radius 1 is 1.03 bits per heavy atom. The standard InChI is InChI=1S/C24H20F3N3O3/c1-14-19(20-9-16(25)5-7-22(20)29(14)13-24(32)33-2)11-18-6-8-23(31)30(28-18)12-15-3-4-17(26)10-21(15)27/h3-10H,11-13H2,1-2H3. The fourth-order valence-corrected chi connectivity index (χ4v) is 3.84. The third-order valence-corrected chi connectivity index (χ3v) is 5.55. The molecule has 0 amide bonds. The summed E-state index contributed by atoms with van der Waals surface area (Å²) in [5.41, 5.74) is 2.29. The molecule has 0 aliphatic carbocycles. The number of ether oxygens (including phenoxy) is 1. The summed E-state index contributed by atoms with van der Waals surface area (Å²) in [6, 6.07) is 10.3. The Balaban J connectivity index is 1.73. The Bertz CT molecular complexity index is 1430. The van der Waals surface area contributed by atoms with E-state index in [1.807, 2.05) is 0 Å². The monoisotopic (exact) mass is 455 g/mol. The molecule has 0 aliphatic rings. The summed E-state index contributed by atoms with van der Waals surface area (Å²) in [6.07, 6.45) is 0.242. The lowest BCUT2D eigenvalue weighted by molar-refractivity contribution is -0.141. The van der Waals surface area contributed by atoms with Crippen molar-refractivity contribution >= 4 is 16.9 Å². The molecule has 0 N–H and O–H groups in total. The van der Waals surface area contributed by atoms with Crippen LogP contribution in [0.15, 0.2) is 53.3 Å². The van der Waals surface area contributed by atoms with Crippen molar-refractivity contribution in [1.82, 2.24) is 14.3 Å². The molecule has 4 aromatic rings. The summed E-state index contributed by atoms with van der Waals surface area (Å²) in [5.74, 6) is -2.36. The van der Waals surface area contributed by atoms with Crippen molar-refractivity contribution in [2.75, 3.05) is 7.11 Å². The van der Waals surface area contributed by atoms with Crippen LogP contribution < -0.4 is 5.56 Å². The number of carbonyl (C=O) groups excluding carboxylic acids is 1. The third-order valence-electron chi connectivity index (χ3n) is 5.55. The molecule has 6 nitrogen and oxygen atoms in total. The highest BCUT2D eigenvalue weighted by molar-refractivity contribution is 5.87. The van der Waals surface area contributed by atoms with Gasteiger partial charge in [0.15, 0.2) is 0 Å². The zero-order chi connectivity index (χ0) is 23.7. The molecule has 170 valence electrons. The Morgan fingerprint density at radius 2 is 1.76 bits per heavy atom. The van der Waals surface area contributed by atoms with Gasteiger partial charge in [-0.15, -0.1) is 0 Å². The number of nitrogens with zero attached hydrogens (tertiary/aromatic N) is 3. The fourth-order valence-electron chi connectivity index (χ4n) is 3.84. The average Bonchev–Trinajstić information content (AvgIpc) is 3.02. The van der Waals surface area contributed by atoms with Crippen LogP contribution in [0, 0.1) is 24.4 Å². The molecular weight excluding hydrogens is 435 g/mol. The van der Waals surface area contributed by atoms with Crippen LogP contribution in [0.3, 0.4) is 0 Å². The number of carbonyl (C=O) groups is 1. The van der Waals surface area contributed by atoms with Gasteiger partial charge in [-0.3, -0.25) is 9.59 Å². The first-order valence-corrected chi connectivity index (χ1v) is 10.1. The lowest BCUT2D eigenvalue weighted by Crippen LogP contribution is -2.24. The van der Waals surface area contributed by atoms with E-state index in [4.69, 9.17) is 4.74 Å². The molecule has 0 spiro atoms. The summed E-state index contributed by atoms with van der Waals surface area (Å²) < 4.78 is 48.9. The van der Waals surface area contributed by atoms with Crippen LogP contribution in [0.5, 0.6) is 0 Å². The number of fused-ring (bicyclic) bond motifs is 1. The number of hydrogen-bond donors (Lipinski definition) is 0. The van der Waals surface area contributed by atoms with Gasteiger partial charge < -0.3 is 9.30 Å². The van der Waals surface area contributed by atoms with Crippen molar-refractivity contribution in [1.29, 1.82) is 0 Å². The van der Waals surface area contributed by atoms with Crippen LogP contribution in [0.25, 0.3) is 10.9 Å². The third kappa shape index (κ3) is 4.52. The second-order valence-electron chi connectivity index (χ2n) is 7.62. The minimum atomic E-state index is -0.772. The van der Waals surface area contributed by atoms with E-state index in [9.17, 15) is 22.8 Å². The molecule has 0 saturated carbocycles. The molecule has 0 radical (unpaired) electrons. The number of rotatable bonds is 6. The van der Waals surface area contributed by atoms with Gasteiger partial charge in [0.1, 0.15) is 24.0 Å². The van der Waals surface area contributed by atoms with Crippen LogP contribution in [0.4, 0.5) is 13.2 Å². The minimum Gasteiger partial charge on any atom is -0.468 e. The predicted molar refractivity (Wildman–Crippen MR) is 115 cm³/mol. The first kappa shape index (κ1) is 22.3. The van der Waals surface area contributed by atoms with Crippen LogP contribution in [0.1, 0.15) is 22.5 Å². The first-order chi connectivity index (χ1) is 15.8. The van der Waals surface area contributed by atoms with Crippen molar-refractivity contribution in [3.05, 3.63) is 98.9 Å². The van der Waals surface area contributed by atoms with Gasteiger partial charge in [0.05, 0.1) is 19.3 Å². The minimum absolute atomic E-state index is 0.0404. The average molecular weight is 455 g/mol. The van der Waals surface area contributed by atoms with Crippen molar-refractivity contribution in [2.24, 2.45) is 0 Å². The number of benzene rings is 2.